The summed E-state index contributed by atoms with van der Waals surface area (Å²) < 4.78 is 6.84. The van der Waals surface area contributed by atoms with Crippen LogP contribution in [-0.2, 0) is 4.74 Å². The summed E-state index contributed by atoms with van der Waals surface area (Å²) in [5, 5.41) is 18.2. The van der Waals surface area contributed by atoms with Gasteiger partial charge in [-0.05, 0) is 49.6 Å². The van der Waals surface area contributed by atoms with Crippen molar-refractivity contribution in [3.05, 3.63) is 35.2 Å². The average molecular weight is 503 g/mol. The summed E-state index contributed by atoms with van der Waals surface area (Å²) in [7, 11) is 0. The molecule has 1 aromatic carbocycles. The van der Waals surface area contributed by atoms with Crippen LogP contribution < -0.4 is 10.6 Å². The van der Waals surface area contributed by atoms with Gasteiger partial charge >= 0.3 is 0 Å². The van der Waals surface area contributed by atoms with Gasteiger partial charge in [-0.1, -0.05) is 18.2 Å². The largest absolute Gasteiger partial charge is 0.386 e. The number of fused-ring (bicyclic) bond motifs is 1. The molecule has 2 aromatic rings. The lowest BCUT2D eigenvalue weighted by Gasteiger charge is -2.12. The minimum atomic E-state index is -0.579. The second kappa shape index (κ2) is 11.8. The van der Waals surface area contributed by atoms with Crippen LogP contribution in [0.1, 0.15) is 37.2 Å². The molecule has 27 heavy (non-hydrogen) atoms. The van der Waals surface area contributed by atoms with Crippen molar-refractivity contribution in [2.24, 2.45) is 10.9 Å². The number of rotatable bonds is 10. The van der Waals surface area contributed by atoms with E-state index in [1.165, 1.54) is 22.9 Å². The minimum absolute atomic E-state index is 0. The summed E-state index contributed by atoms with van der Waals surface area (Å²) in [6.07, 6.45) is 3.04. The molecule has 0 bridgehead atoms. The molecule has 1 saturated carbocycles. The van der Waals surface area contributed by atoms with Crippen LogP contribution in [0.25, 0.3) is 10.1 Å². The first-order valence-corrected chi connectivity index (χ1v) is 10.3. The van der Waals surface area contributed by atoms with Crippen molar-refractivity contribution in [2.75, 3.05) is 32.8 Å². The molecule has 1 aromatic heterocycles. The van der Waals surface area contributed by atoms with Gasteiger partial charge in [0.25, 0.3) is 0 Å². The van der Waals surface area contributed by atoms with Crippen LogP contribution in [0, 0.1) is 5.92 Å². The second-order valence-electron chi connectivity index (χ2n) is 6.72. The van der Waals surface area contributed by atoms with Gasteiger partial charge in [0.15, 0.2) is 5.96 Å². The number of nitrogens with one attached hydrogen (secondary N) is 2. The summed E-state index contributed by atoms with van der Waals surface area (Å²) in [6, 6.07) is 10.2. The zero-order valence-electron chi connectivity index (χ0n) is 15.8. The van der Waals surface area contributed by atoms with Crippen molar-refractivity contribution in [3.63, 3.8) is 0 Å². The zero-order chi connectivity index (χ0) is 18.2. The Kier molecular flexibility index (Phi) is 9.81. The highest BCUT2D eigenvalue weighted by atomic mass is 127. The summed E-state index contributed by atoms with van der Waals surface area (Å²) in [5.41, 5.74) is 0. The number of aliphatic hydroxyl groups is 1. The van der Waals surface area contributed by atoms with Gasteiger partial charge in [-0.25, -0.2) is 0 Å². The van der Waals surface area contributed by atoms with E-state index in [1.54, 1.807) is 11.3 Å². The Bertz CT molecular complexity index is 685. The van der Waals surface area contributed by atoms with Gasteiger partial charge in [-0.15, -0.1) is 35.3 Å². The molecule has 1 aliphatic rings. The van der Waals surface area contributed by atoms with Crippen molar-refractivity contribution >= 4 is 51.4 Å². The van der Waals surface area contributed by atoms with Crippen LogP contribution >= 0.6 is 35.3 Å². The molecule has 0 saturated heterocycles. The molecular formula is C20H30IN3O2S. The number of halogens is 1. The van der Waals surface area contributed by atoms with Gasteiger partial charge in [-0.2, -0.15) is 0 Å². The molecular weight excluding hydrogens is 473 g/mol. The number of hydrogen-bond donors (Lipinski definition) is 3. The summed E-state index contributed by atoms with van der Waals surface area (Å²) in [5.74, 6) is 1.56. The van der Waals surface area contributed by atoms with Crippen LogP contribution in [-0.4, -0.2) is 43.9 Å². The second-order valence-corrected chi connectivity index (χ2v) is 7.84. The number of nitrogens with zero attached hydrogens (tertiary/aromatic N) is 1. The number of hydrogen-bond acceptors (Lipinski definition) is 4. The van der Waals surface area contributed by atoms with E-state index in [4.69, 9.17) is 4.74 Å². The maximum absolute atomic E-state index is 10.5. The Morgan fingerprint density at radius 3 is 2.89 bits per heavy atom. The molecule has 3 rings (SSSR count). The molecule has 0 aliphatic heterocycles. The van der Waals surface area contributed by atoms with Crippen LogP contribution in [0.15, 0.2) is 35.3 Å². The highest BCUT2D eigenvalue weighted by molar-refractivity contribution is 14.0. The topological polar surface area (TPSA) is 65.9 Å². The van der Waals surface area contributed by atoms with Gasteiger partial charge in [0.2, 0.25) is 0 Å². The number of aliphatic hydroxyl groups excluding tert-OH is 1. The molecule has 0 amide bonds. The van der Waals surface area contributed by atoms with Crippen molar-refractivity contribution in [1.29, 1.82) is 0 Å². The van der Waals surface area contributed by atoms with E-state index in [0.29, 0.717) is 6.54 Å². The highest BCUT2D eigenvalue weighted by Gasteiger charge is 2.20. The lowest BCUT2D eigenvalue weighted by molar-refractivity contribution is 0.123. The number of benzene rings is 1. The maximum atomic E-state index is 10.5. The maximum Gasteiger partial charge on any atom is 0.191 e. The SMILES string of the molecule is CCNC(=NCC(O)c1cc2ccccc2s1)NCCCOCC1CC1.I. The third kappa shape index (κ3) is 7.56. The number of guanidine groups is 1. The molecule has 1 aliphatic carbocycles. The third-order valence-corrected chi connectivity index (χ3v) is 5.57. The molecule has 150 valence electrons. The van der Waals surface area contributed by atoms with E-state index in [9.17, 15) is 5.11 Å². The standard InChI is InChI=1S/C20H29N3O2S.HI/c1-2-21-20(22-10-5-11-25-14-15-8-9-15)23-13-17(24)19-12-16-6-3-4-7-18(16)26-19;/h3-4,6-7,12,15,17,24H,2,5,8-11,13-14H2,1H3,(H2,21,22,23);1H. The Morgan fingerprint density at radius 1 is 1.33 bits per heavy atom. The molecule has 5 nitrogen and oxygen atoms in total. The first-order valence-electron chi connectivity index (χ1n) is 9.52. The first kappa shape index (κ1) is 22.4. The predicted octanol–water partition coefficient (Wildman–Crippen LogP) is 3.92. The zero-order valence-corrected chi connectivity index (χ0v) is 19.0. The quantitative estimate of drug-likeness (QED) is 0.199. The molecule has 1 atom stereocenters. The number of aliphatic imine (C=N–C) groups is 1. The molecule has 1 fully saturated rings. The number of thiophene rings is 1. The van der Waals surface area contributed by atoms with Crippen molar-refractivity contribution in [3.8, 4) is 0 Å². The Labute approximate surface area is 182 Å². The third-order valence-electron chi connectivity index (χ3n) is 4.35. The van der Waals surface area contributed by atoms with E-state index in [-0.39, 0.29) is 24.0 Å². The molecule has 7 heteroatoms. The molecule has 1 heterocycles. The smallest absolute Gasteiger partial charge is 0.191 e. The summed E-state index contributed by atoms with van der Waals surface area (Å²) >= 11 is 1.63. The van der Waals surface area contributed by atoms with Gasteiger partial charge in [0.05, 0.1) is 6.54 Å². The van der Waals surface area contributed by atoms with E-state index in [2.05, 4.69) is 33.8 Å². The average Bonchev–Trinajstić information content (AvgIpc) is 3.37. The summed E-state index contributed by atoms with van der Waals surface area (Å²) in [4.78, 5) is 5.48. The van der Waals surface area contributed by atoms with Crippen LogP contribution in [0.5, 0.6) is 0 Å². The van der Waals surface area contributed by atoms with Crippen LogP contribution in [0.3, 0.4) is 0 Å². The first-order chi connectivity index (χ1) is 12.8. The normalized spacial score (nSPS) is 15.4. The van der Waals surface area contributed by atoms with E-state index >= 15 is 0 Å². The fourth-order valence-corrected chi connectivity index (χ4v) is 3.73. The van der Waals surface area contributed by atoms with Crippen LogP contribution in [0.4, 0.5) is 0 Å². The minimum Gasteiger partial charge on any atom is -0.386 e. The monoisotopic (exact) mass is 503 g/mol. The fourth-order valence-electron chi connectivity index (χ4n) is 2.69. The van der Waals surface area contributed by atoms with E-state index in [1.807, 2.05) is 19.1 Å². The van der Waals surface area contributed by atoms with Gasteiger partial charge < -0.3 is 20.5 Å². The molecule has 1 unspecified atom stereocenters. The summed E-state index contributed by atoms with van der Waals surface area (Å²) in [6.45, 7) is 5.69. The van der Waals surface area contributed by atoms with Gasteiger partial charge in [-0.3, -0.25) is 4.99 Å². The van der Waals surface area contributed by atoms with Crippen molar-refractivity contribution < 1.29 is 9.84 Å². The lowest BCUT2D eigenvalue weighted by atomic mass is 10.2. The molecule has 3 N–H and O–H groups in total. The van der Waals surface area contributed by atoms with Crippen LogP contribution in [0.2, 0.25) is 0 Å². The Hall–Kier alpha value is -0.900. The Morgan fingerprint density at radius 2 is 2.15 bits per heavy atom. The molecule has 0 radical (unpaired) electrons. The Balaban J connectivity index is 0.00000261. The van der Waals surface area contributed by atoms with Gasteiger partial charge in [0.1, 0.15) is 6.10 Å². The predicted molar refractivity (Wildman–Crippen MR) is 124 cm³/mol. The lowest BCUT2D eigenvalue weighted by Crippen LogP contribution is -2.38. The highest BCUT2D eigenvalue weighted by Crippen LogP contribution is 2.30. The number of ether oxygens (including phenoxy) is 1. The molecule has 0 spiro atoms. The van der Waals surface area contributed by atoms with E-state index in [0.717, 1.165) is 49.5 Å². The van der Waals surface area contributed by atoms with Crippen molar-refractivity contribution in [1.82, 2.24) is 10.6 Å². The van der Waals surface area contributed by atoms with Crippen molar-refractivity contribution in [2.45, 2.75) is 32.3 Å². The van der Waals surface area contributed by atoms with E-state index < -0.39 is 6.10 Å². The van der Waals surface area contributed by atoms with Gasteiger partial charge in [0, 0.05) is 35.9 Å². The fraction of sp³-hybridized carbons (Fsp3) is 0.550.